The van der Waals surface area contributed by atoms with E-state index in [1.54, 1.807) is 24.3 Å². The third-order valence-electron chi connectivity index (χ3n) is 5.89. The van der Waals surface area contributed by atoms with E-state index >= 15 is 4.39 Å². The van der Waals surface area contributed by atoms with Crippen molar-refractivity contribution in [2.45, 2.75) is 38.3 Å². The molecular weight excluding hydrogens is 483 g/mol. The predicted molar refractivity (Wildman–Crippen MR) is 138 cm³/mol. The Balaban J connectivity index is 1.62. The van der Waals surface area contributed by atoms with Gasteiger partial charge in [-0.2, -0.15) is 0 Å². The maximum atomic E-state index is 15.3. The smallest absolute Gasteiger partial charge is 0.407 e. The Morgan fingerprint density at radius 1 is 1.08 bits per heavy atom. The Kier molecular flexibility index (Phi) is 7.43. The molecule has 3 aromatic carbocycles. The Morgan fingerprint density at radius 2 is 1.83 bits per heavy atom. The summed E-state index contributed by atoms with van der Waals surface area (Å²) >= 11 is 6.65. The highest BCUT2D eigenvalue weighted by atomic mass is 35.5. The second kappa shape index (κ2) is 10.4. The lowest BCUT2D eigenvalue weighted by Gasteiger charge is -2.27. The molecule has 190 valence electrons. The standard InChI is InChI=1S/C28H30ClFN2O4/c1-27(2,3)32-26(33)35-15-14-34-23-11-7-10-21(30)25(23)24-19-16-28(17-31,18-8-5-4-6-9-18)36-22(19)13-12-20(24)29/h4-13H,14-17,31H2,1-3H3,(H,32,33). The summed E-state index contributed by atoms with van der Waals surface area (Å²) in [5, 5.41) is 3.08. The average Bonchev–Trinajstić information content (AvgIpc) is 3.22. The summed E-state index contributed by atoms with van der Waals surface area (Å²) in [5.74, 6) is 0.398. The number of alkyl carbamates (subject to hydrolysis) is 1. The number of fused-ring (bicyclic) bond motifs is 1. The molecule has 1 amide bonds. The lowest BCUT2D eigenvalue weighted by atomic mass is 9.86. The molecule has 0 bridgehead atoms. The largest absolute Gasteiger partial charge is 0.489 e. The van der Waals surface area contributed by atoms with E-state index in [0.29, 0.717) is 22.8 Å². The molecule has 1 aliphatic rings. The fraction of sp³-hybridized carbons (Fsp3) is 0.321. The zero-order valence-electron chi connectivity index (χ0n) is 20.6. The number of nitrogens with two attached hydrogens (primary N) is 1. The topological polar surface area (TPSA) is 82.8 Å². The van der Waals surface area contributed by atoms with Gasteiger partial charge in [0.1, 0.15) is 30.5 Å². The Labute approximate surface area is 215 Å². The molecule has 1 unspecified atom stereocenters. The van der Waals surface area contributed by atoms with Gasteiger partial charge in [0.25, 0.3) is 0 Å². The number of carbonyl (C=O) groups excluding carboxylic acids is 1. The number of halogens is 2. The van der Waals surface area contributed by atoms with Crippen molar-refractivity contribution in [2.75, 3.05) is 19.8 Å². The van der Waals surface area contributed by atoms with Crippen LogP contribution in [-0.4, -0.2) is 31.4 Å². The maximum Gasteiger partial charge on any atom is 0.407 e. The van der Waals surface area contributed by atoms with Gasteiger partial charge in [-0.3, -0.25) is 0 Å². The van der Waals surface area contributed by atoms with Crippen LogP contribution in [0.3, 0.4) is 0 Å². The molecule has 0 fully saturated rings. The van der Waals surface area contributed by atoms with Crippen molar-refractivity contribution >= 4 is 17.7 Å². The van der Waals surface area contributed by atoms with Gasteiger partial charge >= 0.3 is 6.09 Å². The summed E-state index contributed by atoms with van der Waals surface area (Å²) in [4.78, 5) is 11.9. The summed E-state index contributed by atoms with van der Waals surface area (Å²) in [6.45, 7) is 5.82. The molecule has 0 saturated heterocycles. The minimum Gasteiger partial charge on any atom is -0.489 e. The van der Waals surface area contributed by atoms with E-state index in [1.165, 1.54) is 6.07 Å². The summed E-state index contributed by atoms with van der Waals surface area (Å²) in [6.07, 6.45) is -0.131. The molecule has 3 N–H and O–H groups in total. The van der Waals surface area contributed by atoms with Crippen molar-refractivity contribution in [3.63, 3.8) is 0 Å². The minimum absolute atomic E-state index is 0.00804. The number of benzene rings is 3. The number of carbonyl (C=O) groups is 1. The van der Waals surface area contributed by atoms with Gasteiger partial charge in [0.05, 0.1) is 5.56 Å². The van der Waals surface area contributed by atoms with Crippen molar-refractivity contribution in [3.05, 3.63) is 82.6 Å². The number of ether oxygens (including phenoxy) is 3. The molecule has 0 spiro atoms. The van der Waals surface area contributed by atoms with Gasteiger partial charge in [-0.25, -0.2) is 9.18 Å². The van der Waals surface area contributed by atoms with E-state index in [-0.39, 0.29) is 31.1 Å². The normalized spacial score (nSPS) is 16.7. The fourth-order valence-electron chi connectivity index (χ4n) is 4.30. The molecule has 6 nitrogen and oxygen atoms in total. The van der Waals surface area contributed by atoms with Gasteiger partial charge in [0.2, 0.25) is 0 Å². The summed E-state index contributed by atoms with van der Waals surface area (Å²) in [6, 6.07) is 17.8. The highest BCUT2D eigenvalue weighted by Crippen LogP contribution is 2.49. The molecule has 8 heteroatoms. The fourth-order valence-corrected chi connectivity index (χ4v) is 4.58. The molecule has 1 aliphatic heterocycles. The van der Waals surface area contributed by atoms with Gasteiger partial charge in [-0.05, 0) is 50.6 Å². The number of amides is 1. The van der Waals surface area contributed by atoms with Gasteiger partial charge < -0.3 is 25.3 Å². The number of nitrogens with one attached hydrogen (secondary N) is 1. The van der Waals surface area contributed by atoms with Crippen molar-refractivity contribution in [1.29, 1.82) is 0 Å². The second-order valence-corrected chi connectivity index (χ2v) is 10.1. The SMILES string of the molecule is CC(C)(C)NC(=O)OCCOc1cccc(F)c1-c1c(Cl)ccc2c1CC(CN)(c1ccccc1)O2. The van der Waals surface area contributed by atoms with Crippen LogP contribution in [0.5, 0.6) is 11.5 Å². The third kappa shape index (κ3) is 5.42. The number of hydrogen-bond donors (Lipinski definition) is 2. The summed E-state index contributed by atoms with van der Waals surface area (Å²) in [5.41, 5.74) is 7.41. The van der Waals surface area contributed by atoms with Crippen LogP contribution < -0.4 is 20.5 Å². The van der Waals surface area contributed by atoms with Crippen LogP contribution in [0.2, 0.25) is 5.02 Å². The predicted octanol–water partition coefficient (Wildman–Crippen LogP) is 5.84. The van der Waals surface area contributed by atoms with Crippen LogP contribution in [-0.2, 0) is 16.8 Å². The highest BCUT2D eigenvalue weighted by Gasteiger charge is 2.42. The molecule has 4 rings (SSSR count). The van der Waals surface area contributed by atoms with E-state index in [0.717, 1.165) is 11.1 Å². The highest BCUT2D eigenvalue weighted by molar-refractivity contribution is 6.33. The summed E-state index contributed by atoms with van der Waals surface area (Å²) in [7, 11) is 0. The molecule has 1 heterocycles. The van der Waals surface area contributed by atoms with Gasteiger partial charge in [0, 0.05) is 34.7 Å². The number of rotatable bonds is 7. The second-order valence-electron chi connectivity index (χ2n) is 9.71. The van der Waals surface area contributed by atoms with Crippen molar-refractivity contribution in [1.82, 2.24) is 5.32 Å². The zero-order chi connectivity index (χ0) is 25.9. The molecule has 1 atom stereocenters. The first-order valence-electron chi connectivity index (χ1n) is 11.8. The Morgan fingerprint density at radius 3 is 2.53 bits per heavy atom. The lowest BCUT2D eigenvalue weighted by molar-refractivity contribution is 0.103. The lowest BCUT2D eigenvalue weighted by Crippen LogP contribution is -2.41. The first-order chi connectivity index (χ1) is 17.1. The van der Waals surface area contributed by atoms with Crippen molar-refractivity contribution in [3.8, 4) is 22.6 Å². The zero-order valence-corrected chi connectivity index (χ0v) is 21.3. The Bertz CT molecular complexity index is 1250. The van der Waals surface area contributed by atoms with E-state index in [2.05, 4.69) is 5.32 Å². The third-order valence-corrected chi connectivity index (χ3v) is 6.21. The molecule has 36 heavy (non-hydrogen) atoms. The number of hydrogen-bond acceptors (Lipinski definition) is 5. The van der Waals surface area contributed by atoms with Crippen LogP contribution in [0.4, 0.5) is 9.18 Å². The van der Waals surface area contributed by atoms with Gasteiger partial charge in [0.15, 0.2) is 5.60 Å². The molecule has 0 radical (unpaired) electrons. The van der Waals surface area contributed by atoms with Gasteiger partial charge in [-0.1, -0.05) is 48.0 Å². The summed E-state index contributed by atoms with van der Waals surface area (Å²) < 4.78 is 32.7. The van der Waals surface area contributed by atoms with E-state index in [1.807, 2.05) is 51.1 Å². The van der Waals surface area contributed by atoms with Crippen LogP contribution in [0.15, 0.2) is 60.7 Å². The molecule has 3 aromatic rings. The maximum absolute atomic E-state index is 15.3. The van der Waals surface area contributed by atoms with E-state index < -0.39 is 23.1 Å². The monoisotopic (exact) mass is 512 g/mol. The van der Waals surface area contributed by atoms with Crippen LogP contribution in [0, 0.1) is 5.82 Å². The molecule has 0 aromatic heterocycles. The van der Waals surface area contributed by atoms with E-state index in [4.69, 9.17) is 31.5 Å². The molecule has 0 aliphatic carbocycles. The van der Waals surface area contributed by atoms with Crippen LogP contribution >= 0.6 is 11.6 Å². The first kappa shape index (κ1) is 25.8. The molecular formula is C28H30ClFN2O4. The first-order valence-corrected chi connectivity index (χ1v) is 12.1. The van der Waals surface area contributed by atoms with E-state index in [9.17, 15) is 4.79 Å². The van der Waals surface area contributed by atoms with Crippen LogP contribution in [0.25, 0.3) is 11.1 Å². The quantitative estimate of drug-likeness (QED) is 0.389. The molecule has 0 saturated carbocycles. The van der Waals surface area contributed by atoms with Crippen molar-refractivity contribution < 1.29 is 23.4 Å². The van der Waals surface area contributed by atoms with Crippen molar-refractivity contribution in [2.24, 2.45) is 5.73 Å². The van der Waals surface area contributed by atoms with Crippen LogP contribution in [0.1, 0.15) is 31.9 Å². The Hall–Kier alpha value is -3.29. The van der Waals surface area contributed by atoms with Gasteiger partial charge in [-0.15, -0.1) is 0 Å². The average molecular weight is 513 g/mol. The minimum atomic E-state index is -0.788.